The van der Waals surface area contributed by atoms with Gasteiger partial charge in [-0.3, -0.25) is 24.7 Å². The van der Waals surface area contributed by atoms with E-state index in [0.29, 0.717) is 10.6 Å². The van der Waals surface area contributed by atoms with Gasteiger partial charge in [-0.25, -0.2) is 0 Å². The molecule has 33 heavy (non-hydrogen) atoms. The summed E-state index contributed by atoms with van der Waals surface area (Å²) in [5, 5.41) is 20.5. The zero-order valence-electron chi connectivity index (χ0n) is 17.7. The summed E-state index contributed by atoms with van der Waals surface area (Å²) in [4.78, 5) is 39.8. The highest BCUT2D eigenvalue weighted by atomic mass is 35.5. The molecule has 0 bridgehead atoms. The van der Waals surface area contributed by atoms with E-state index in [4.69, 9.17) is 11.6 Å². The quantitative estimate of drug-likeness (QED) is 0.248. The molecule has 0 aliphatic heterocycles. The number of benzene rings is 2. The Morgan fingerprint density at radius 1 is 1.00 bits per heavy atom. The summed E-state index contributed by atoms with van der Waals surface area (Å²) in [6.45, 7) is 2.18. The lowest BCUT2D eigenvalue weighted by Gasteiger charge is -2.15. The number of amides is 2. The van der Waals surface area contributed by atoms with Crippen molar-refractivity contribution < 1.29 is 14.5 Å². The molecule has 1 atom stereocenters. The van der Waals surface area contributed by atoms with E-state index in [1.54, 1.807) is 36.5 Å². The normalized spacial score (nSPS) is 11.3. The van der Waals surface area contributed by atoms with Gasteiger partial charge in [0.05, 0.1) is 16.7 Å². The van der Waals surface area contributed by atoms with Gasteiger partial charge in [-0.05, 0) is 55.5 Å². The van der Waals surface area contributed by atoms with Crippen molar-refractivity contribution in [3.8, 4) is 0 Å². The van der Waals surface area contributed by atoms with Crippen LogP contribution in [0.2, 0.25) is 5.02 Å². The smallest absolute Gasteiger partial charge is 0.293 e. The molecular weight excluding hydrogens is 446 g/mol. The number of nitrogens with one attached hydrogen (secondary N) is 3. The first kappa shape index (κ1) is 23.7. The summed E-state index contributed by atoms with van der Waals surface area (Å²) < 4.78 is 0. The molecule has 170 valence electrons. The molecular formula is C23H22ClN5O4. The van der Waals surface area contributed by atoms with Crippen LogP contribution in [0, 0.1) is 10.1 Å². The lowest BCUT2D eigenvalue weighted by atomic mass is 10.1. The third-order valence-corrected chi connectivity index (χ3v) is 5.01. The molecule has 0 spiro atoms. The Morgan fingerprint density at radius 3 is 2.24 bits per heavy atom. The maximum absolute atomic E-state index is 12.4. The molecule has 3 N–H and O–H groups in total. The van der Waals surface area contributed by atoms with Gasteiger partial charge in [-0.2, -0.15) is 0 Å². The van der Waals surface area contributed by atoms with Crippen LogP contribution in [0.25, 0.3) is 0 Å². The van der Waals surface area contributed by atoms with E-state index in [-0.39, 0.29) is 42.0 Å². The number of nitro groups is 1. The number of pyridine rings is 1. The number of carbonyl (C=O) groups is 2. The number of hydrogen-bond donors (Lipinski definition) is 3. The van der Waals surface area contributed by atoms with Gasteiger partial charge in [0.1, 0.15) is 5.69 Å². The summed E-state index contributed by atoms with van der Waals surface area (Å²) in [5.74, 6) is -0.780. The second-order valence-electron chi connectivity index (χ2n) is 7.13. The number of carbonyl (C=O) groups excluding carboxylic acids is 2. The molecule has 2 amide bonds. The Kier molecular flexibility index (Phi) is 7.93. The van der Waals surface area contributed by atoms with Crippen LogP contribution >= 0.6 is 11.6 Å². The molecule has 0 fully saturated rings. The van der Waals surface area contributed by atoms with E-state index in [1.165, 1.54) is 18.2 Å². The van der Waals surface area contributed by atoms with E-state index in [0.717, 1.165) is 5.69 Å². The first-order chi connectivity index (χ1) is 15.8. The van der Waals surface area contributed by atoms with Crippen LogP contribution in [0.4, 0.5) is 11.4 Å². The second-order valence-corrected chi connectivity index (χ2v) is 7.56. The Bertz CT molecular complexity index is 1140. The summed E-state index contributed by atoms with van der Waals surface area (Å²) in [6, 6.07) is 15.8. The van der Waals surface area contributed by atoms with Gasteiger partial charge in [0.25, 0.3) is 17.5 Å². The molecule has 1 aromatic heterocycles. The minimum atomic E-state index is -0.545. The SMILES string of the molecule is CC(Nc1ccc(C(=O)NCCNC(=O)c2ccc(Cl)cc2)cc1[N+](=O)[O-])c1ccccn1. The highest BCUT2D eigenvalue weighted by molar-refractivity contribution is 6.30. The summed E-state index contributed by atoms with van der Waals surface area (Å²) in [6.07, 6.45) is 1.65. The predicted octanol–water partition coefficient (Wildman–Crippen LogP) is 3.98. The molecule has 1 unspecified atom stereocenters. The van der Waals surface area contributed by atoms with Gasteiger partial charge in [0.2, 0.25) is 0 Å². The van der Waals surface area contributed by atoms with Gasteiger partial charge in [0.15, 0.2) is 0 Å². The fourth-order valence-corrected chi connectivity index (χ4v) is 3.17. The zero-order chi connectivity index (χ0) is 23.8. The number of nitro benzene ring substituents is 1. The van der Waals surface area contributed by atoms with Crippen molar-refractivity contribution in [1.29, 1.82) is 0 Å². The monoisotopic (exact) mass is 467 g/mol. The lowest BCUT2D eigenvalue weighted by molar-refractivity contribution is -0.384. The Labute approximate surface area is 195 Å². The van der Waals surface area contributed by atoms with E-state index in [9.17, 15) is 19.7 Å². The summed E-state index contributed by atoms with van der Waals surface area (Å²) >= 11 is 5.80. The molecule has 9 nitrogen and oxygen atoms in total. The van der Waals surface area contributed by atoms with Gasteiger partial charge in [-0.15, -0.1) is 0 Å². The van der Waals surface area contributed by atoms with Crippen LogP contribution in [0.1, 0.15) is 39.4 Å². The third kappa shape index (κ3) is 6.50. The molecule has 0 radical (unpaired) electrons. The summed E-state index contributed by atoms with van der Waals surface area (Å²) in [7, 11) is 0. The fourth-order valence-electron chi connectivity index (χ4n) is 3.04. The van der Waals surface area contributed by atoms with E-state index >= 15 is 0 Å². The predicted molar refractivity (Wildman–Crippen MR) is 125 cm³/mol. The van der Waals surface area contributed by atoms with Gasteiger partial charge < -0.3 is 16.0 Å². The molecule has 0 aliphatic rings. The van der Waals surface area contributed by atoms with Crippen molar-refractivity contribution in [3.05, 3.63) is 98.8 Å². The number of nitrogens with zero attached hydrogens (tertiary/aromatic N) is 2. The number of hydrogen-bond acceptors (Lipinski definition) is 6. The minimum absolute atomic E-state index is 0.141. The minimum Gasteiger partial charge on any atom is -0.371 e. The molecule has 3 aromatic rings. The summed E-state index contributed by atoms with van der Waals surface area (Å²) in [5.41, 5.74) is 1.38. The zero-order valence-corrected chi connectivity index (χ0v) is 18.5. The van der Waals surface area contributed by atoms with Crippen LogP contribution < -0.4 is 16.0 Å². The van der Waals surface area contributed by atoms with Crippen molar-refractivity contribution in [2.75, 3.05) is 18.4 Å². The molecule has 10 heteroatoms. The molecule has 0 aliphatic carbocycles. The van der Waals surface area contributed by atoms with Crippen molar-refractivity contribution in [3.63, 3.8) is 0 Å². The van der Waals surface area contributed by atoms with Crippen LogP contribution in [-0.2, 0) is 0 Å². The maximum atomic E-state index is 12.4. The van der Waals surface area contributed by atoms with E-state index in [2.05, 4.69) is 20.9 Å². The van der Waals surface area contributed by atoms with Crippen molar-refractivity contribution in [2.45, 2.75) is 13.0 Å². The standard InChI is InChI=1S/C23H22ClN5O4/c1-15(19-4-2-3-11-25-19)28-20-10-7-17(14-21(20)29(32)33)23(31)27-13-12-26-22(30)16-5-8-18(24)9-6-16/h2-11,14-15,28H,12-13H2,1H3,(H,26,30)(H,27,31). The van der Waals surface area contributed by atoms with Gasteiger partial charge in [0, 0.05) is 41.5 Å². The Hall–Kier alpha value is -3.98. The molecule has 2 aromatic carbocycles. The molecule has 0 saturated carbocycles. The average Bonchev–Trinajstić information content (AvgIpc) is 2.82. The van der Waals surface area contributed by atoms with Crippen LogP contribution in [0.15, 0.2) is 66.9 Å². The van der Waals surface area contributed by atoms with Crippen molar-refractivity contribution in [2.24, 2.45) is 0 Å². The first-order valence-corrected chi connectivity index (χ1v) is 10.5. The van der Waals surface area contributed by atoms with E-state index in [1.807, 2.05) is 19.1 Å². The first-order valence-electron chi connectivity index (χ1n) is 10.1. The number of aromatic nitrogens is 1. The van der Waals surface area contributed by atoms with E-state index < -0.39 is 10.8 Å². The third-order valence-electron chi connectivity index (χ3n) is 4.76. The van der Waals surface area contributed by atoms with Crippen LogP contribution in [-0.4, -0.2) is 34.8 Å². The van der Waals surface area contributed by atoms with Crippen LogP contribution in [0.3, 0.4) is 0 Å². The number of halogens is 1. The Balaban J connectivity index is 1.57. The maximum Gasteiger partial charge on any atom is 0.293 e. The fraction of sp³-hybridized carbons (Fsp3) is 0.174. The number of rotatable bonds is 9. The topological polar surface area (TPSA) is 126 Å². The Morgan fingerprint density at radius 2 is 1.64 bits per heavy atom. The highest BCUT2D eigenvalue weighted by Gasteiger charge is 2.19. The second kappa shape index (κ2) is 11.1. The van der Waals surface area contributed by atoms with Gasteiger partial charge >= 0.3 is 0 Å². The average molecular weight is 468 g/mol. The van der Waals surface area contributed by atoms with Gasteiger partial charge in [-0.1, -0.05) is 17.7 Å². The molecule has 3 rings (SSSR count). The number of anilines is 1. The lowest BCUT2D eigenvalue weighted by Crippen LogP contribution is -2.34. The molecule has 1 heterocycles. The van der Waals surface area contributed by atoms with Crippen LogP contribution in [0.5, 0.6) is 0 Å². The van der Waals surface area contributed by atoms with Crippen molar-refractivity contribution in [1.82, 2.24) is 15.6 Å². The highest BCUT2D eigenvalue weighted by Crippen LogP contribution is 2.28. The largest absolute Gasteiger partial charge is 0.371 e. The molecule has 0 saturated heterocycles. The van der Waals surface area contributed by atoms with Crippen molar-refractivity contribution >= 4 is 34.8 Å².